The summed E-state index contributed by atoms with van der Waals surface area (Å²) in [6, 6.07) is 10.9. The van der Waals surface area contributed by atoms with Crippen molar-refractivity contribution >= 4 is 39.4 Å². The van der Waals surface area contributed by atoms with Crippen molar-refractivity contribution in [1.82, 2.24) is 4.98 Å². The van der Waals surface area contributed by atoms with Gasteiger partial charge in [-0.25, -0.2) is 4.39 Å². The van der Waals surface area contributed by atoms with Gasteiger partial charge in [0.1, 0.15) is 17.3 Å². The Kier molecular flexibility index (Phi) is 4.50. The van der Waals surface area contributed by atoms with E-state index in [2.05, 4.69) is 15.3 Å². The Hall–Kier alpha value is -3.00. The molecule has 1 aliphatic heterocycles. The van der Waals surface area contributed by atoms with E-state index in [9.17, 15) is 14.3 Å². The van der Waals surface area contributed by atoms with Crippen molar-refractivity contribution in [1.29, 1.82) is 0 Å². The van der Waals surface area contributed by atoms with Crippen LogP contribution in [0.15, 0.2) is 47.5 Å². The van der Waals surface area contributed by atoms with Gasteiger partial charge in [-0.1, -0.05) is 11.8 Å². The zero-order valence-electron chi connectivity index (χ0n) is 15.1. The summed E-state index contributed by atoms with van der Waals surface area (Å²) < 4.78 is 14.5. The number of hydrogen-bond acceptors (Lipinski definition) is 5. The summed E-state index contributed by atoms with van der Waals surface area (Å²) in [5.41, 5.74) is 7.02. The lowest BCUT2D eigenvalue weighted by Crippen LogP contribution is -2.29. The Morgan fingerprint density at radius 3 is 2.93 bits per heavy atom. The van der Waals surface area contributed by atoms with Crippen molar-refractivity contribution in [2.24, 2.45) is 10.7 Å². The molecular formula is C20H19FN4O2S. The molecule has 1 unspecified atom stereocenters. The van der Waals surface area contributed by atoms with Crippen LogP contribution in [0.1, 0.15) is 29.4 Å². The predicted octanol–water partition coefficient (Wildman–Crippen LogP) is 3.93. The second kappa shape index (κ2) is 6.87. The van der Waals surface area contributed by atoms with Crippen LogP contribution in [0.4, 0.5) is 10.1 Å². The van der Waals surface area contributed by atoms with Crippen LogP contribution in [0.25, 0.3) is 10.9 Å². The van der Waals surface area contributed by atoms with Crippen molar-refractivity contribution in [2.75, 3.05) is 11.1 Å². The van der Waals surface area contributed by atoms with Crippen molar-refractivity contribution in [3.8, 4) is 5.75 Å². The number of amides is 1. The number of aromatic nitrogens is 1. The predicted molar refractivity (Wildman–Crippen MR) is 110 cm³/mol. The number of nitrogens with two attached hydrogens (primary N) is 1. The summed E-state index contributed by atoms with van der Waals surface area (Å²) in [5.74, 6) is 0.134. The van der Waals surface area contributed by atoms with E-state index in [1.54, 1.807) is 30.3 Å². The molecule has 2 aromatic carbocycles. The number of fused-ring (bicyclic) bond motifs is 1. The van der Waals surface area contributed by atoms with Crippen LogP contribution in [-0.4, -0.2) is 26.9 Å². The first-order valence-corrected chi connectivity index (χ1v) is 9.74. The Labute approximate surface area is 165 Å². The summed E-state index contributed by atoms with van der Waals surface area (Å²) >= 11 is 1.45. The molecule has 1 amide bonds. The van der Waals surface area contributed by atoms with Gasteiger partial charge in [0.25, 0.3) is 5.91 Å². The number of aromatic amines is 1. The third kappa shape index (κ3) is 3.43. The van der Waals surface area contributed by atoms with E-state index in [4.69, 9.17) is 5.73 Å². The Morgan fingerprint density at radius 1 is 1.32 bits per heavy atom. The first-order valence-electron chi connectivity index (χ1n) is 8.75. The van der Waals surface area contributed by atoms with E-state index in [1.807, 2.05) is 6.92 Å². The average molecular weight is 398 g/mol. The fraction of sp³-hybridized carbons (Fsp3) is 0.200. The number of rotatable bonds is 3. The summed E-state index contributed by atoms with van der Waals surface area (Å²) in [5, 5.41) is 13.5. The number of amidine groups is 1. The van der Waals surface area contributed by atoms with E-state index in [1.165, 1.54) is 23.9 Å². The number of halogens is 1. The second-order valence-corrected chi connectivity index (χ2v) is 8.04. The number of hydrogen-bond donors (Lipinski definition) is 4. The van der Waals surface area contributed by atoms with Crippen LogP contribution in [0.3, 0.4) is 0 Å². The summed E-state index contributed by atoms with van der Waals surface area (Å²) in [4.78, 5) is 20.1. The summed E-state index contributed by atoms with van der Waals surface area (Å²) in [6.07, 6.45) is 0.651. The van der Waals surface area contributed by atoms with E-state index >= 15 is 0 Å². The van der Waals surface area contributed by atoms with Crippen LogP contribution in [0.2, 0.25) is 0 Å². The molecule has 1 aliphatic rings. The molecule has 0 radical (unpaired) electrons. The van der Waals surface area contributed by atoms with Gasteiger partial charge in [-0.05, 0) is 55.8 Å². The standard InChI is InChI=1S/C20H19FN4O2S/c1-20(6-7-28-19(22)25-20)14-10-12(2-4-15(14)21)23-18(27)17-9-11-8-13(26)3-5-16(11)24-17/h2-5,8-10,24,26H,6-7H2,1H3,(H2,22,25)(H,23,27). The van der Waals surface area contributed by atoms with E-state index in [0.29, 0.717) is 28.5 Å². The van der Waals surface area contributed by atoms with Crippen LogP contribution < -0.4 is 11.1 Å². The van der Waals surface area contributed by atoms with Crippen LogP contribution >= 0.6 is 11.8 Å². The molecule has 0 fully saturated rings. The zero-order chi connectivity index (χ0) is 19.9. The van der Waals surface area contributed by atoms with Gasteiger partial charge < -0.3 is 21.1 Å². The van der Waals surface area contributed by atoms with E-state index in [-0.39, 0.29) is 17.5 Å². The molecule has 0 aliphatic carbocycles. The fourth-order valence-electron chi connectivity index (χ4n) is 3.34. The quantitative estimate of drug-likeness (QED) is 0.537. The topological polar surface area (TPSA) is 104 Å². The number of phenols is 1. The van der Waals surface area contributed by atoms with E-state index < -0.39 is 5.54 Å². The van der Waals surface area contributed by atoms with Crippen molar-refractivity contribution in [2.45, 2.75) is 18.9 Å². The molecule has 28 heavy (non-hydrogen) atoms. The van der Waals surface area contributed by atoms with Gasteiger partial charge in [0.2, 0.25) is 0 Å². The first kappa shape index (κ1) is 18.4. The third-order valence-electron chi connectivity index (χ3n) is 4.85. The minimum atomic E-state index is -0.765. The Balaban J connectivity index is 1.62. The molecular weight excluding hydrogens is 379 g/mol. The number of nitrogens with zero attached hydrogens (tertiary/aromatic N) is 1. The van der Waals surface area contributed by atoms with Gasteiger partial charge in [-0.2, -0.15) is 0 Å². The first-order chi connectivity index (χ1) is 13.3. The number of H-pyrrole nitrogens is 1. The average Bonchev–Trinajstić information content (AvgIpc) is 3.06. The smallest absolute Gasteiger partial charge is 0.272 e. The summed E-state index contributed by atoms with van der Waals surface area (Å²) in [6.45, 7) is 1.84. The van der Waals surface area contributed by atoms with Gasteiger partial charge >= 0.3 is 0 Å². The van der Waals surface area contributed by atoms with Crippen LogP contribution in [0, 0.1) is 5.82 Å². The molecule has 0 saturated carbocycles. The van der Waals surface area contributed by atoms with Crippen molar-refractivity contribution in [3.05, 3.63) is 59.5 Å². The van der Waals surface area contributed by atoms with Gasteiger partial charge in [0, 0.05) is 27.9 Å². The van der Waals surface area contributed by atoms with Gasteiger partial charge in [0.05, 0.1) is 5.54 Å². The maximum Gasteiger partial charge on any atom is 0.272 e. The Bertz CT molecular complexity index is 1110. The maximum atomic E-state index is 14.5. The highest BCUT2D eigenvalue weighted by molar-refractivity contribution is 8.13. The number of carbonyl (C=O) groups is 1. The molecule has 1 atom stereocenters. The Morgan fingerprint density at radius 2 is 2.14 bits per heavy atom. The maximum absolute atomic E-state index is 14.5. The highest BCUT2D eigenvalue weighted by Gasteiger charge is 2.32. The highest BCUT2D eigenvalue weighted by atomic mass is 32.2. The number of aliphatic imine (C=N–C) groups is 1. The van der Waals surface area contributed by atoms with Gasteiger partial charge in [-0.15, -0.1) is 0 Å². The number of benzene rings is 2. The van der Waals surface area contributed by atoms with Crippen molar-refractivity contribution < 1.29 is 14.3 Å². The molecule has 6 nitrogen and oxygen atoms in total. The van der Waals surface area contributed by atoms with Crippen molar-refractivity contribution in [3.63, 3.8) is 0 Å². The molecule has 3 aromatic rings. The fourth-order valence-corrected chi connectivity index (χ4v) is 4.31. The molecule has 8 heteroatoms. The molecule has 2 heterocycles. The zero-order valence-corrected chi connectivity index (χ0v) is 15.9. The highest BCUT2D eigenvalue weighted by Crippen LogP contribution is 2.37. The summed E-state index contributed by atoms with van der Waals surface area (Å²) in [7, 11) is 0. The lowest BCUT2D eigenvalue weighted by Gasteiger charge is -2.30. The number of aromatic hydroxyl groups is 1. The monoisotopic (exact) mass is 398 g/mol. The number of anilines is 1. The van der Waals surface area contributed by atoms with Crippen LogP contribution in [0.5, 0.6) is 5.75 Å². The minimum absolute atomic E-state index is 0.125. The molecule has 5 N–H and O–H groups in total. The number of thioether (sulfide) groups is 1. The molecule has 144 valence electrons. The second-order valence-electron chi connectivity index (χ2n) is 6.93. The molecule has 1 aromatic heterocycles. The molecule has 4 rings (SSSR count). The van der Waals surface area contributed by atoms with Gasteiger partial charge in [0.15, 0.2) is 5.17 Å². The SMILES string of the molecule is CC1(c2cc(NC(=O)c3cc4cc(O)ccc4[nH]3)ccc2F)CCSC(N)=N1. The molecule has 0 bridgehead atoms. The normalized spacial score (nSPS) is 19.4. The minimum Gasteiger partial charge on any atom is -0.508 e. The molecule has 0 saturated heterocycles. The largest absolute Gasteiger partial charge is 0.508 e. The lowest BCUT2D eigenvalue weighted by atomic mass is 9.89. The number of nitrogens with one attached hydrogen (secondary N) is 2. The lowest BCUT2D eigenvalue weighted by molar-refractivity contribution is 0.102. The number of carbonyl (C=O) groups excluding carboxylic acids is 1. The van der Waals surface area contributed by atoms with E-state index in [0.717, 1.165) is 16.7 Å². The van der Waals surface area contributed by atoms with Gasteiger partial charge in [-0.3, -0.25) is 9.79 Å². The van der Waals surface area contributed by atoms with Crippen LogP contribution in [-0.2, 0) is 5.54 Å². The third-order valence-corrected chi connectivity index (χ3v) is 5.64. The number of phenolic OH excluding ortho intramolecular Hbond substituents is 1. The molecule has 0 spiro atoms.